The van der Waals surface area contributed by atoms with Gasteiger partial charge in [-0.3, -0.25) is 4.79 Å². The lowest BCUT2D eigenvalue weighted by atomic mass is 10.1. The number of rotatable bonds is 4. The van der Waals surface area contributed by atoms with E-state index in [1.807, 2.05) is 49.5 Å². The molecule has 0 radical (unpaired) electrons. The zero-order chi connectivity index (χ0) is 17.1. The Labute approximate surface area is 145 Å². The number of halogens is 1. The van der Waals surface area contributed by atoms with Gasteiger partial charge in [-0.05, 0) is 35.7 Å². The van der Waals surface area contributed by atoms with E-state index in [4.69, 9.17) is 16.3 Å². The molecule has 0 saturated carbocycles. The molecule has 1 aromatic heterocycles. The Hall–Kier alpha value is -2.72. The summed E-state index contributed by atoms with van der Waals surface area (Å²) in [5.74, 6) is 0.283. The van der Waals surface area contributed by atoms with Gasteiger partial charge in [0.2, 0.25) is 0 Å². The van der Waals surface area contributed by atoms with Gasteiger partial charge in [0.25, 0.3) is 5.91 Å². The minimum absolute atomic E-state index is 0.239. The molecule has 24 heavy (non-hydrogen) atoms. The first-order valence-corrected chi connectivity index (χ1v) is 7.85. The SMILES string of the molecule is COc1cc(Cl)c(C)cc1NC(=O)c1cc(-c2ccccc2)c[nH]1. The largest absolute Gasteiger partial charge is 0.495 e. The molecule has 2 aromatic carbocycles. The van der Waals surface area contributed by atoms with Gasteiger partial charge in [-0.1, -0.05) is 41.9 Å². The van der Waals surface area contributed by atoms with E-state index in [1.165, 1.54) is 0 Å². The highest BCUT2D eigenvalue weighted by atomic mass is 35.5. The predicted molar refractivity (Wildman–Crippen MR) is 96.9 cm³/mol. The van der Waals surface area contributed by atoms with E-state index in [0.717, 1.165) is 16.7 Å². The zero-order valence-corrected chi connectivity index (χ0v) is 14.1. The lowest BCUT2D eigenvalue weighted by Gasteiger charge is -2.11. The molecule has 3 rings (SSSR count). The third-order valence-electron chi connectivity index (χ3n) is 3.76. The van der Waals surface area contributed by atoms with Crippen LogP contribution in [0.5, 0.6) is 5.75 Å². The molecule has 0 aliphatic rings. The van der Waals surface area contributed by atoms with Crippen LogP contribution in [0.25, 0.3) is 11.1 Å². The maximum absolute atomic E-state index is 12.5. The van der Waals surface area contributed by atoms with Crippen LogP contribution in [0.2, 0.25) is 5.02 Å². The van der Waals surface area contributed by atoms with Crippen molar-refractivity contribution in [2.45, 2.75) is 6.92 Å². The number of amides is 1. The molecular formula is C19H17ClN2O2. The number of hydrogen-bond donors (Lipinski definition) is 2. The molecule has 122 valence electrons. The first-order chi connectivity index (χ1) is 11.6. The lowest BCUT2D eigenvalue weighted by molar-refractivity contribution is 0.102. The average molecular weight is 341 g/mol. The summed E-state index contributed by atoms with van der Waals surface area (Å²) in [5.41, 5.74) is 3.93. The van der Waals surface area contributed by atoms with Crippen LogP contribution in [-0.2, 0) is 0 Å². The molecule has 0 atom stereocenters. The minimum Gasteiger partial charge on any atom is -0.495 e. The number of H-pyrrole nitrogens is 1. The van der Waals surface area contributed by atoms with E-state index in [2.05, 4.69) is 10.3 Å². The summed E-state index contributed by atoms with van der Waals surface area (Å²) in [4.78, 5) is 15.5. The van der Waals surface area contributed by atoms with Crippen LogP contribution in [-0.4, -0.2) is 18.0 Å². The fourth-order valence-electron chi connectivity index (χ4n) is 2.44. The van der Waals surface area contributed by atoms with E-state index >= 15 is 0 Å². The lowest BCUT2D eigenvalue weighted by Crippen LogP contribution is -2.13. The van der Waals surface area contributed by atoms with Crippen molar-refractivity contribution in [3.63, 3.8) is 0 Å². The molecular weight excluding hydrogens is 324 g/mol. The van der Waals surface area contributed by atoms with Crippen LogP contribution in [0.15, 0.2) is 54.7 Å². The highest BCUT2D eigenvalue weighted by Gasteiger charge is 2.14. The summed E-state index contributed by atoms with van der Waals surface area (Å²) >= 11 is 6.09. The normalized spacial score (nSPS) is 10.5. The number of aryl methyl sites for hydroxylation is 1. The van der Waals surface area contributed by atoms with Gasteiger partial charge in [0, 0.05) is 17.3 Å². The van der Waals surface area contributed by atoms with Crippen LogP contribution in [0.1, 0.15) is 16.1 Å². The van der Waals surface area contributed by atoms with Gasteiger partial charge in [0.15, 0.2) is 0 Å². The number of nitrogens with one attached hydrogen (secondary N) is 2. The van der Waals surface area contributed by atoms with Gasteiger partial charge < -0.3 is 15.0 Å². The molecule has 0 aliphatic heterocycles. The van der Waals surface area contributed by atoms with Crippen molar-refractivity contribution in [2.75, 3.05) is 12.4 Å². The molecule has 2 N–H and O–H groups in total. The number of carbonyl (C=O) groups excluding carboxylic acids is 1. The predicted octanol–water partition coefficient (Wildman–Crippen LogP) is 4.90. The summed E-state index contributed by atoms with van der Waals surface area (Å²) in [6.45, 7) is 1.87. The Bertz CT molecular complexity index is 872. The summed E-state index contributed by atoms with van der Waals surface area (Å²) in [7, 11) is 1.54. The monoisotopic (exact) mass is 340 g/mol. The van der Waals surface area contributed by atoms with Crippen LogP contribution < -0.4 is 10.1 Å². The molecule has 1 amide bonds. The summed E-state index contributed by atoms with van der Waals surface area (Å²) in [6, 6.07) is 15.2. The van der Waals surface area contributed by atoms with Gasteiger partial charge in [0.05, 0.1) is 12.8 Å². The van der Waals surface area contributed by atoms with Gasteiger partial charge in [0.1, 0.15) is 11.4 Å². The number of benzene rings is 2. The van der Waals surface area contributed by atoms with Gasteiger partial charge in [-0.15, -0.1) is 0 Å². The zero-order valence-electron chi connectivity index (χ0n) is 13.4. The second-order valence-electron chi connectivity index (χ2n) is 5.42. The number of aromatic amines is 1. The minimum atomic E-state index is -0.239. The average Bonchev–Trinajstić information content (AvgIpc) is 3.09. The van der Waals surface area contributed by atoms with Crippen LogP contribution in [0.4, 0.5) is 5.69 Å². The summed E-state index contributed by atoms with van der Waals surface area (Å²) in [6.07, 6.45) is 1.81. The number of ether oxygens (including phenoxy) is 1. The second-order valence-corrected chi connectivity index (χ2v) is 5.83. The Morgan fingerprint density at radius 1 is 1.12 bits per heavy atom. The van der Waals surface area contributed by atoms with Gasteiger partial charge >= 0.3 is 0 Å². The van der Waals surface area contributed by atoms with E-state index in [9.17, 15) is 4.79 Å². The molecule has 3 aromatic rings. The van der Waals surface area contributed by atoms with E-state index < -0.39 is 0 Å². The quantitative estimate of drug-likeness (QED) is 0.709. The summed E-state index contributed by atoms with van der Waals surface area (Å²) < 4.78 is 5.28. The Balaban J connectivity index is 1.84. The highest BCUT2D eigenvalue weighted by Crippen LogP contribution is 2.31. The van der Waals surface area contributed by atoms with Crippen molar-refractivity contribution >= 4 is 23.2 Å². The topological polar surface area (TPSA) is 54.1 Å². The molecule has 0 fully saturated rings. The van der Waals surface area contributed by atoms with Crippen molar-refractivity contribution in [3.8, 4) is 16.9 Å². The van der Waals surface area contributed by atoms with Crippen molar-refractivity contribution in [3.05, 3.63) is 71.0 Å². The van der Waals surface area contributed by atoms with Gasteiger partial charge in [-0.2, -0.15) is 0 Å². The van der Waals surface area contributed by atoms with Crippen molar-refractivity contribution in [1.82, 2.24) is 4.98 Å². The molecule has 1 heterocycles. The molecule has 0 unspecified atom stereocenters. The van der Waals surface area contributed by atoms with Crippen molar-refractivity contribution < 1.29 is 9.53 Å². The molecule has 5 heteroatoms. The number of hydrogen-bond acceptors (Lipinski definition) is 2. The maximum Gasteiger partial charge on any atom is 0.272 e. The summed E-state index contributed by atoms with van der Waals surface area (Å²) in [5, 5.41) is 3.45. The second kappa shape index (κ2) is 6.81. The number of anilines is 1. The first-order valence-electron chi connectivity index (χ1n) is 7.48. The van der Waals surface area contributed by atoms with Crippen molar-refractivity contribution in [1.29, 1.82) is 0 Å². The molecule has 0 saturated heterocycles. The fourth-order valence-corrected chi connectivity index (χ4v) is 2.60. The standard InChI is InChI=1S/C19H17ClN2O2/c1-12-8-16(18(24-2)10-15(12)20)22-19(23)17-9-14(11-21-17)13-6-4-3-5-7-13/h3-11,21H,1-2H3,(H,22,23). The third-order valence-corrected chi connectivity index (χ3v) is 4.17. The first kappa shape index (κ1) is 16.1. The van der Waals surface area contributed by atoms with Gasteiger partial charge in [-0.25, -0.2) is 0 Å². The maximum atomic E-state index is 12.5. The van der Waals surface area contributed by atoms with E-state index in [0.29, 0.717) is 22.2 Å². The van der Waals surface area contributed by atoms with E-state index in [1.54, 1.807) is 19.2 Å². The molecule has 0 spiro atoms. The molecule has 0 bridgehead atoms. The van der Waals surface area contributed by atoms with Crippen LogP contribution >= 0.6 is 11.6 Å². The van der Waals surface area contributed by atoms with Crippen molar-refractivity contribution in [2.24, 2.45) is 0 Å². The Morgan fingerprint density at radius 2 is 1.88 bits per heavy atom. The number of carbonyl (C=O) groups is 1. The molecule has 4 nitrogen and oxygen atoms in total. The van der Waals surface area contributed by atoms with E-state index in [-0.39, 0.29) is 5.91 Å². The van der Waals surface area contributed by atoms with Crippen LogP contribution in [0, 0.1) is 6.92 Å². The third kappa shape index (κ3) is 3.29. The fraction of sp³-hybridized carbons (Fsp3) is 0.105. The number of aromatic nitrogens is 1. The Kier molecular flexibility index (Phi) is 4.58. The number of methoxy groups -OCH3 is 1. The smallest absolute Gasteiger partial charge is 0.272 e. The van der Waals surface area contributed by atoms with Crippen LogP contribution in [0.3, 0.4) is 0 Å². The Morgan fingerprint density at radius 3 is 2.58 bits per heavy atom. The molecule has 0 aliphatic carbocycles. The highest BCUT2D eigenvalue weighted by molar-refractivity contribution is 6.31.